The van der Waals surface area contributed by atoms with E-state index in [1.807, 2.05) is 0 Å². The minimum absolute atomic E-state index is 0.366. The van der Waals surface area contributed by atoms with E-state index in [9.17, 15) is 0 Å². The van der Waals surface area contributed by atoms with E-state index >= 15 is 0 Å². The zero-order valence-electron chi connectivity index (χ0n) is 13.3. The number of rotatable bonds is 13. The minimum atomic E-state index is 0.366. The summed E-state index contributed by atoms with van der Waals surface area (Å²) in [7, 11) is 0. The second-order valence-corrected chi connectivity index (χ2v) is 9.23. The topological polar surface area (TPSA) is 0 Å². The molecule has 0 aromatic heterocycles. The molecule has 0 atom stereocenters. The molecule has 0 radical (unpaired) electrons. The van der Waals surface area contributed by atoms with Gasteiger partial charge in [0.1, 0.15) is 0 Å². The van der Waals surface area contributed by atoms with Crippen LogP contribution in [0.5, 0.6) is 0 Å². The third kappa shape index (κ3) is 8.73. The molecule has 112 valence electrons. The van der Waals surface area contributed by atoms with Crippen molar-refractivity contribution in [2.24, 2.45) is 0 Å². The third-order valence-corrected chi connectivity index (χ3v) is 7.70. The third-order valence-electron chi connectivity index (χ3n) is 3.56. The van der Waals surface area contributed by atoms with Crippen LogP contribution < -0.4 is 21.5 Å². The molecular weight excluding hydrogens is 333 g/mol. The molecule has 0 unspecified atom stereocenters. The summed E-state index contributed by atoms with van der Waals surface area (Å²) >= 11 is 0.366. The molecule has 0 heterocycles. The van der Waals surface area contributed by atoms with Gasteiger partial charge in [-0.15, -0.1) is 0 Å². The monoisotopic (exact) mass is 369 g/mol. The fourth-order valence-corrected chi connectivity index (χ4v) is 6.39. The second-order valence-electron chi connectivity index (χ2n) is 5.42. The summed E-state index contributed by atoms with van der Waals surface area (Å²) in [5, 5.41) is 0. The van der Waals surface area contributed by atoms with E-state index in [4.69, 9.17) is 0 Å². The first-order chi connectivity index (χ1) is 8.74. The maximum atomic E-state index is 2.35. The number of quaternary nitrogens is 1. The van der Waals surface area contributed by atoms with Gasteiger partial charge in [0.2, 0.25) is 0 Å². The van der Waals surface area contributed by atoms with E-state index < -0.39 is 0 Å². The molecule has 2 heteroatoms. The Morgan fingerprint density at radius 3 is 1.33 bits per heavy atom. The van der Waals surface area contributed by atoms with Crippen LogP contribution in [0.2, 0.25) is 0 Å². The summed E-state index contributed by atoms with van der Waals surface area (Å²) < 4.78 is 3.08. The molecule has 0 fully saturated rings. The van der Waals surface area contributed by atoms with E-state index in [2.05, 4.69) is 27.7 Å². The zero-order chi connectivity index (χ0) is 13.7. The van der Waals surface area contributed by atoms with Crippen LogP contribution in [0.1, 0.15) is 79.1 Å². The SMILES string of the molecule is CCCC[I-][N+](CCCC)(CCCC)CCCC. The van der Waals surface area contributed by atoms with E-state index in [0.29, 0.717) is 21.5 Å². The van der Waals surface area contributed by atoms with Crippen LogP contribution in [-0.4, -0.2) is 26.8 Å². The van der Waals surface area contributed by atoms with Crippen LogP contribution >= 0.6 is 0 Å². The van der Waals surface area contributed by atoms with Crippen molar-refractivity contribution in [3.63, 3.8) is 0 Å². The van der Waals surface area contributed by atoms with Gasteiger partial charge in [-0.1, -0.05) is 0 Å². The van der Waals surface area contributed by atoms with Crippen molar-refractivity contribution < 1.29 is 24.2 Å². The second kappa shape index (κ2) is 12.7. The Bertz CT molecular complexity index is 149. The van der Waals surface area contributed by atoms with E-state index in [0.717, 1.165) is 0 Å². The van der Waals surface area contributed by atoms with Gasteiger partial charge in [0.25, 0.3) is 0 Å². The Morgan fingerprint density at radius 2 is 1.00 bits per heavy atom. The molecule has 0 aromatic rings. The first kappa shape index (κ1) is 18.7. The van der Waals surface area contributed by atoms with Crippen molar-refractivity contribution in [3.05, 3.63) is 0 Å². The molecule has 0 N–H and O–H groups in total. The average molecular weight is 369 g/mol. The summed E-state index contributed by atoms with van der Waals surface area (Å²) in [5.41, 5.74) is 0. The molecule has 0 saturated heterocycles. The molecule has 0 rings (SSSR count). The van der Waals surface area contributed by atoms with Crippen LogP contribution in [-0.2, 0) is 0 Å². The van der Waals surface area contributed by atoms with Gasteiger partial charge in [-0.3, -0.25) is 0 Å². The summed E-state index contributed by atoms with van der Waals surface area (Å²) in [6.45, 7) is 13.8. The molecule has 0 bridgehead atoms. The Hall–Kier alpha value is 0.690. The summed E-state index contributed by atoms with van der Waals surface area (Å²) in [6.07, 6.45) is 11.3. The van der Waals surface area contributed by atoms with Crippen molar-refractivity contribution in [2.75, 3.05) is 24.1 Å². The van der Waals surface area contributed by atoms with Gasteiger partial charge in [-0.25, -0.2) is 0 Å². The predicted octanol–water partition coefficient (Wildman–Crippen LogP) is 2.01. The molecule has 0 aromatic carbocycles. The van der Waals surface area contributed by atoms with Crippen molar-refractivity contribution in [2.45, 2.75) is 79.1 Å². The Morgan fingerprint density at radius 1 is 0.611 bits per heavy atom. The number of alkyl halides is 1. The first-order valence-electron chi connectivity index (χ1n) is 8.21. The first-order valence-corrected chi connectivity index (χ1v) is 10.7. The molecular formula is C16H36IN. The number of halogens is 1. The van der Waals surface area contributed by atoms with Crippen molar-refractivity contribution in [3.8, 4) is 0 Å². The molecule has 0 saturated carbocycles. The molecule has 1 nitrogen and oxygen atoms in total. The molecule has 0 spiro atoms. The number of nitrogens with zero attached hydrogens (tertiary/aromatic N) is 1. The van der Waals surface area contributed by atoms with Crippen LogP contribution in [0.3, 0.4) is 0 Å². The Kier molecular flexibility index (Phi) is 13.2. The van der Waals surface area contributed by atoms with Gasteiger partial charge in [0, 0.05) is 0 Å². The molecule has 0 amide bonds. The standard InChI is InChI=1S/C16H36IN/c1-5-9-13-17-18(14-10-6-2,15-11-7-3)16-12-8-4/h5-16H2,1-4H3. The predicted molar refractivity (Wildman–Crippen MR) is 79.4 cm³/mol. The van der Waals surface area contributed by atoms with Crippen LogP contribution in [0, 0.1) is 0 Å². The zero-order valence-corrected chi connectivity index (χ0v) is 15.5. The van der Waals surface area contributed by atoms with Crippen LogP contribution in [0.15, 0.2) is 0 Å². The van der Waals surface area contributed by atoms with Gasteiger partial charge in [0.15, 0.2) is 0 Å². The van der Waals surface area contributed by atoms with Gasteiger partial charge >= 0.3 is 127 Å². The summed E-state index contributed by atoms with van der Waals surface area (Å²) in [4.78, 5) is 0. The van der Waals surface area contributed by atoms with Crippen LogP contribution in [0.25, 0.3) is 0 Å². The molecule has 18 heavy (non-hydrogen) atoms. The van der Waals surface area contributed by atoms with E-state index in [1.165, 1.54) is 73.7 Å². The van der Waals surface area contributed by atoms with Gasteiger partial charge < -0.3 is 0 Å². The van der Waals surface area contributed by atoms with Gasteiger partial charge in [-0.2, -0.15) is 0 Å². The summed E-state index contributed by atoms with van der Waals surface area (Å²) in [5.74, 6) is 0. The molecule has 0 aliphatic heterocycles. The normalized spacial score (nSPS) is 12.2. The van der Waals surface area contributed by atoms with E-state index in [1.54, 1.807) is 4.43 Å². The van der Waals surface area contributed by atoms with Crippen LogP contribution in [0.4, 0.5) is 0 Å². The molecule has 0 aliphatic rings. The Labute approximate surface area is 127 Å². The van der Waals surface area contributed by atoms with E-state index in [-0.39, 0.29) is 0 Å². The van der Waals surface area contributed by atoms with Gasteiger partial charge in [-0.05, 0) is 0 Å². The van der Waals surface area contributed by atoms with Crippen molar-refractivity contribution in [1.82, 2.24) is 0 Å². The number of hydrogen-bond donors (Lipinski definition) is 0. The van der Waals surface area contributed by atoms with Gasteiger partial charge in [0.05, 0.1) is 0 Å². The number of hydrogen-bond acceptors (Lipinski definition) is 0. The quantitative estimate of drug-likeness (QED) is 0.202. The summed E-state index contributed by atoms with van der Waals surface area (Å²) in [6, 6.07) is 0. The average Bonchev–Trinajstić information content (AvgIpc) is 2.40. The van der Waals surface area contributed by atoms with Crippen molar-refractivity contribution in [1.29, 1.82) is 0 Å². The maximum absolute atomic E-state index is 2.35. The molecule has 0 aliphatic carbocycles. The Balaban J connectivity index is 4.41. The fourth-order valence-electron chi connectivity index (χ4n) is 2.21. The number of unbranched alkanes of at least 4 members (excludes halogenated alkanes) is 4. The van der Waals surface area contributed by atoms with Crippen molar-refractivity contribution >= 4 is 0 Å². The fraction of sp³-hybridized carbons (Fsp3) is 1.00.